The lowest BCUT2D eigenvalue weighted by Gasteiger charge is -2.12. The lowest BCUT2D eigenvalue weighted by molar-refractivity contribution is 0.261. The molecule has 4 nitrogen and oxygen atoms in total. The van der Waals surface area contributed by atoms with E-state index in [1.807, 2.05) is 0 Å². The number of unbranched alkanes of at least 4 members (excludes halogenated alkanes) is 4. The maximum atomic E-state index is 9.20. The predicted octanol–water partition coefficient (Wildman–Crippen LogP) is 2.86. The van der Waals surface area contributed by atoms with Gasteiger partial charge in [-0.2, -0.15) is 0 Å². The Morgan fingerprint density at radius 3 is 2.29 bits per heavy atom. The normalized spacial score (nSPS) is 11.4. The summed E-state index contributed by atoms with van der Waals surface area (Å²) >= 11 is 0. The molecule has 1 aromatic heterocycles. The van der Waals surface area contributed by atoms with Gasteiger partial charge in [0.05, 0.1) is 0 Å². The molecule has 1 rings (SSSR count). The first-order chi connectivity index (χ1) is 8.20. The van der Waals surface area contributed by atoms with Crippen LogP contribution in [0, 0.1) is 0 Å². The van der Waals surface area contributed by atoms with Crippen LogP contribution in [-0.4, -0.2) is 19.9 Å². The zero-order valence-corrected chi connectivity index (χ0v) is 11.3. The number of hydrogen-bond donors (Lipinski definition) is 1. The highest BCUT2D eigenvalue weighted by Gasteiger charge is 2.13. The average molecular weight is 239 g/mol. The summed E-state index contributed by atoms with van der Waals surface area (Å²) in [7, 11) is 0. The second-order valence-corrected chi connectivity index (χ2v) is 4.82. The van der Waals surface area contributed by atoms with E-state index in [0.29, 0.717) is 11.9 Å². The van der Waals surface area contributed by atoms with E-state index in [0.717, 1.165) is 18.7 Å². The van der Waals surface area contributed by atoms with Crippen molar-refractivity contribution in [2.24, 2.45) is 0 Å². The van der Waals surface area contributed by atoms with Crippen LogP contribution in [0.1, 0.15) is 70.6 Å². The number of aromatic nitrogens is 3. The topological polar surface area (TPSA) is 50.9 Å². The van der Waals surface area contributed by atoms with E-state index in [1.54, 1.807) is 0 Å². The molecule has 0 aromatic carbocycles. The minimum atomic E-state index is -0.0268. The fourth-order valence-electron chi connectivity index (χ4n) is 2.12. The van der Waals surface area contributed by atoms with Crippen LogP contribution in [0.4, 0.5) is 0 Å². The van der Waals surface area contributed by atoms with E-state index >= 15 is 0 Å². The first-order valence-electron chi connectivity index (χ1n) is 6.74. The molecule has 0 fully saturated rings. The first-order valence-corrected chi connectivity index (χ1v) is 6.74. The third-order valence-electron chi connectivity index (χ3n) is 3.00. The molecule has 98 valence electrons. The first kappa shape index (κ1) is 14.2. The Bertz CT molecular complexity index is 320. The summed E-state index contributed by atoms with van der Waals surface area (Å²) in [6.07, 6.45) is 7.28. The van der Waals surface area contributed by atoms with Crippen LogP contribution in [0.5, 0.6) is 0 Å². The number of rotatable bonds is 8. The van der Waals surface area contributed by atoms with E-state index in [-0.39, 0.29) is 6.61 Å². The van der Waals surface area contributed by atoms with Crippen molar-refractivity contribution in [2.75, 3.05) is 0 Å². The van der Waals surface area contributed by atoms with Crippen molar-refractivity contribution >= 4 is 0 Å². The predicted molar refractivity (Wildman–Crippen MR) is 68.8 cm³/mol. The minimum Gasteiger partial charge on any atom is -0.388 e. The second kappa shape index (κ2) is 7.43. The van der Waals surface area contributed by atoms with Crippen molar-refractivity contribution in [1.29, 1.82) is 0 Å². The van der Waals surface area contributed by atoms with Crippen molar-refractivity contribution in [3.8, 4) is 0 Å². The maximum Gasteiger partial charge on any atom is 0.159 e. The summed E-state index contributed by atoms with van der Waals surface area (Å²) in [6.45, 7) is 6.40. The Balaban J connectivity index is 2.50. The minimum absolute atomic E-state index is 0.0268. The second-order valence-electron chi connectivity index (χ2n) is 4.82. The molecule has 0 saturated carbocycles. The Labute approximate surface area is 104 Å². The smallest absolute Gasteiger partial charge is 0.159 e. The molecule has 0 atom stereocenters. The Morgan fingerprint density at radius 2 is 1.71 bits per heavy atom. The molecule has 0 radical (unpaired) electrons. The molecule has 1 N–H and O–H groups in total. The molecule has 0 bridgehead atoms. The molecular weight excluding hydrogens is 214 g/mol. The molecule has 0 saturated heterocycles. The van der Waals surface area contributed by atoms with Gasteiger partial charge in [-0.25, -0.2) is 0 Å². The van der Waals surface area contributed by atoms with Gasteiger partial charge < -0.3 is 9.67 Å². The molecule has 1 heterocycles. The SMILES string of the molecule is CCCCCCCc1nnc(CO)n1C(C)C. The van der Waals surface area contributed by atoms with Gasteiger partial charge >= 0.3 is 0 Å². The highest BCUT2D eigenvalue weighted by Crippen LogP contribution is 2.14. The fraction of sp³-hybridized carbons (Fsp3) is 0.846. The Morgan fingerprint density at radius 1 is 1.06 bits per heavy atom. The fourth-order valence-corrected chi connectivity index (χ4v) is 2.12. The zero-order valence-electron chi connectivity index (χ0n) is 11.3. The van der Waals surface area contributed by atoms with E-state index < -0.39 is 0 Å². The van der Waals surface area contributed by atoms with Crippen molar-refractivity contribution in [3.05, 3.63) is 11.6 Å². The van der Waals surface area contributed by atoms with E-state index in [2.05, 4.69) is 35.5 Å². The quantitative estimate of drug-likeness (QED) is 0.710. The molecule has 17 heavy (non-hydrogen) atoms. The molecule has 4 heteroatoms. The third-order valence-corrected chi connectivity index (χ3v) is 3.00. The summed E-state index contributed by atoms with van der Waals surface area (Å²) in [5.74, 6) is 1.70. The van der Waals surface area contributed by atoms with Crippen molar-refractivity contribution < 1.29 is 5.11 Å². The van der Waals surface area contributed by atoms with Crippen LogP contribution in [0.3, 0.4) is 0 Å². The van der Waals surface area contributed by atoms with E-state index in [4.69, 9.17) is 0 Å². The van der Waals surface area contributed by atoms with Gasteiger partial charge in [-0.15, -0.1) is 10.2 Å². The molecule has 1 aromatic rings. The van der Waals surface area contributed by atoms with Crippen molar-refractivity contribution in [1.82, 2.24) is 14.8 Å². The Kier molecular flexibility index (Phi) is 6.19. The van der Waals surface area contributed by atoms with E-state index in [9.17, 15) is 5.11 Å². The lowest BCUT2D eigenvalue weighted by Crippen LogP contribution is -2.10. The zero-order chi connectivity index (χ0) is 12.7. The molecular formula is C13H25N3O. The highest BCUT2D eigenvalue weighted by atomic mass is 16.3. The van der Waals surface area contributed by atoms with Gasteiger partial charge in [0.25, 0.3) is 0 Å². The van der Waals surface area contributed by atoms with Gasteiger partial charge in [0.15, 0.2) is 5.82 Å². The van der Waals surface area contributed by atoms with Gasteiger partial charge in [0.2, 0.25) is 0 Å². The summed E-state index contributed by atoms with van der Waals surface area (Å²) in [5, 5.41) is 17.4. The number of aliphatic hydroxyl groups is 1. The average Bonchev–Trinajstić information content (AvgIpc) is 2.72. The van der Waals surface area contributed by atoms with Crippen LogP contribution >= 0.6 is 0 Å². The standard InChI is InChI=1S/C13H25N3O/c1-4-5-6-7-8-9-12-14-15-13(10-17)16(12)11(2)3/h11,17H,4-10H2,1-3H3. The number of aryl methyl sites for hydroxylation is 1. The van der Waals surface area contributed by atoms with Crippen LogP contribution in [-0.2, 0) is 13.0 Å². The molecule has 0 aliphatic heterocycles. The summed E-state index contributed by atoms with van der Waals surface area (Å²) in [4.78, 5) is 0. The summed E-state index contributed by atoms with van der Waals surface area (Å²) in [6, 6.07) is 0.317. The lowest BCUT2D eigenvalue weighted by atomic mass is 10.1. The van der Waals surface area contributed by atoms with E-state index in [1.165, 1.54) is 25.7 Å². The van der Waals surface area contributed by atoms with Crippen LogP contribution in [0.25, 0.3) is 0 Å². The number of aliphatic hydroxyl groups excluding tert-OH is 1. The van der Waals surface area contributed by atoms with Gasteiger partial charge in [-0.05, 0) is 20.3 Å². The van der Waals surface area contributed by atoms with Crippen LogP contribution in [0.2, 0.25) is 0 Å². The van der Waals surface area contributed by atoms with Crippen molar-refractivity contribution in [3.63, 3.8) is 0 Å². The largest absolute Gasteiger partial charge is 0.388 e. The van der Waals surface area contributed by atoms with Crippen molar-refractivity contribution in [2.45, 2.75) is 71.9 Å². The number of hydrogen-bond acceptors (Lipinski definition) is 3. The highest BCUT2D eigenvalue weighted by molar-refractivity contribution is 4.97. The van der Waals surface area contributed by atoms with Crippen LogP contribution in [0.15, 0.2) is 0 Å². The summed E-state index contributed by atoms with van der Waals surface area (Å²) < 4.78 is 2.06. The van der Waals surface area contributed by atoms with Gasteiger partial charge in [0.1, 0.15) is 12.4 Å². The van der Waals surface area contributed by atoms with Gasteiger partial charge in [0, 0.05) is 12.5 Å². The van der Waals surface area contributed by atoms with Crippen LogP contribution < -0.4 is 0 Å². The molecule has 0 aliphatic rings. The Hall–Kier alpha value is -0.900. The van der Waals surface area contributed by atoms with Gasteiger partial charge in [-0.3, -0.25) is 0 Å². The number of nitrogens with zero attached hydrogens (tertiary/aromatic N) is 3. The monoisotopic (exact) mass is 239 g/mol. The summed E-state index contributed by atoms with van der Waals surface area (Å²) in [5.41, 5.74) is 0. The third kappa shape index (κ3) is 4.11. The van der Waals surface area contributed by atoms with Gasteiger partial charge in [-0.1, -0.05) is 32.6 Å². The maximum absolute atomic E-state index is 9.20. The molecule has 0 unspecified atom stereocenters. The molecule has 0 amide bonds. The molecule has 0 aliphatic carbocycles. The molecule has 0 spiro atoms.